The van der Waals surface area contributed by atoms with Crippen LogP contribution in [-0.2, 0) is 9.53 Å². The van der Waals surface area contributed by atoms with Gasteiger partial charge in [-0.3, -0.25) is 4.79 Å². The van der Waals surface area contributed by atoms with E-state index in [0.29, 0.717) is 18.4 Å². The summed E-state index contributed by atoms with van der Waals surface area (Å²) >= 11 is 0. The molecule has 0 unspecified atom stereocenters. The van der Waals surface area contributed by atoms with Gasteiger partial charge in [-0.05, 0) is 30.1 Å². The van der Waals surface area contributed by atoms with Crippen LogP contribution in [0.25, 0.3) is 0 Å². The van der Waals surface area contributed by atoms with Crippen LogP contribution >= 0.6 is 0 Å². The van der Waals surface area contributed by atoms with Crippen molar-refractivity contribution in [3.8, 4) is 0 Å². The molecule has 0 amide bonds. The van der Waals surface area contributed by atoms with Crippen LogP contribution in [0.5, 0.6) is 0 Å². The first-order valence-corrected chi connectivity index (χ1v) is 4.35. The summed E-state index contributed by atoms with van der Waals surface area (Å²) in [6.07, 6.45) is 4.09. The molecule has 0 spiro atoms. The molecule has 2 rings (SSSR count). The maximum atomic E-state index is 11.3. The van der Waals surface area contributed by atoms with E-state index in [-0.39, 0.29) is 0 Å². The maximum Gasteiger partial charge on any atom is 0.217 e. The van der Waals surface area contributed by atoms with E-state index in [4.69, 9.17) is 14.9 Å². The third kappa shape index (κ3) is 1.38. The molecule has 4 heteroatoms. The molecule has 14 heavy (non-hydrogen) atoms. The van der Waals surface area contributed by atoms with Gasteiger partial charge in [0.2, 0.25) is 12.1 Å². The van der Waals surface area contributed by atoms with E-state index in [9.17, 15) is 4.79 Å². The lowest BCUT2D eigenvalue weighted by atomic mass is 10.0. The second-order valence-corrected chi connectivity index (χ2v) is 3.21. The summed E-state index contributed by atoms with van der Waals surface area (Å²) in [7, 11) is 0. The molecule has 1 aliphatic carbocycles. The zero-order chi connectivity index (χ0) is 10.1. The number of ketones is 1. The van der Waals surface area contributed by atoms with Crippen LogP contribution in [0.4, 0.5) is 0 Å². The van der Waals surface area contributed by atoms with E-state index in [1.807, 2.05) is 0 Å². The summed E-state index contributed by atoms with van der Waals surface area (Å²) < 4.78 is 4.96. The number of Topliss-reactive ketones (excluding diaryl/α,β-unsaturated/α-hetero) is 1. The average Bonchev–Trinajstić information content (AvgIpc) is 2.60. The first kappa shape index (κ1) is 9.18. The van der Waals surface area contributed by atoms with Gasteiger partial charge in [0.25, 0.3) is 0 Å². The molecular formula is C10H10O4. The zero-order valence-electron chi connectivity index (χ0n) is 7.43. The van der Waals surface area contributed by atoms with E-state index < -0.39 is 12.1 Å². The lowest BCUT2D eigenvalue weighted by molar-refractivity contribution is -0.140. The molecule has 4 nitrogen and oxygen atoms in total. The SMILES string of the molecule is O=C(C1=C2C=COC=C2CC1)C(O)O. The first-order chi connectivity index (χ1) is 6.70. The Morgan fingerprint density at radius 2 is 2.21 bits per heavy atom. The Kier molecular flexibility index (Phi) is 2.23. The Morgan fingerprint density at radius 3 is 2.93 bits per heavy atom. The molecule has 1 heterocycles. The molecule has 74 valence electrons. The summed E-state index contributed by atoms with van der Waals surface area (Å²) in [6, 6.07) is 0. The van der Waals surface area contributed by atoms with Gasteiger partial charge in [0.05, 0.1) is 12.5 Å². The third-order valence-electron chi connectivity index (χ3n) is 2.37. The standard InChI is InChI=1S/C10H10O4/c11-9(10(12)13)8-2-1-6-5-14-4-3-7(6)8/h3-5,10,12-13H,1-2H2. The van der Waals surface area contributed by atoms with Crippen LogP contribution in [0.15, 0.2) is 35.3 Å². The highest BCUT2D eigenvalue weighted by molar-refractivity contribution is 6.00. The third-order valence-corrected chi connectivity index (χ3v) is 2.37. The van der Waals surface area contributed by atoms with Crippen molar-refractivity contribution in [2.75, 3.05) is 0 Å². The number of ether oxygens (including phenoxy) is 1. The van der Waals surface area contributed by atoms with Crippen LogP contribution < -0.4 is 0 Å². The molecule has 1 aliphatic heterocycles. The molecule has 2 aliphatic rings. The Balaban J connectivity index is 2.36. The molecule has 0 bridgehead atoms. The van der Waals surface area contributed by atoms with E-state index in [1.165, 1.54) is 6.26 Å². The van der Waals surface area contributed by atoms with Crippen molar-refractivity contribution in [2.45, 2.75) is 19.1 Å². The Hall–Kier alpha value is -1.39. The van der Waals surface area contributed by atoms with Gasteiger partial charge >= 0.3 is 0 Å². The van der Waals surface area contributed by atoms with Crippen molar-refractivity contribution in [1.82, 2.24) is 0 Å². The molecule has 0 aromatic carbocycles. The number of hydrogen-bond donors (Lipinski definition) is 2. The fourth-order valence-electron chi connectivity index (χ4n) is 1.69. The minimum absolute atomic E-state index is 0.478. The molecule has 0 aromatic heterocycles. The Labute approximate surface area is 80.8 Å². The summed E-state index contributed by atoms with van der Waals surface area (Å²) in [4.78, 5) is 11.3. The highest BCUT2D eigenvalue weighted by Crippen LogP contribution is 2.34. The molecule has 0 radical (unpaired) electrons. The fraction of sp³-hybridized carbons (Fsp3) is 0.300. The van der Waals surface area contributed by atoms with E-state index in [1.54, 1.807) is 12.3 Å². The highest BCUT2D eigenvalue weighted by Gasteiger charge is 2.27. The highest BCUT2D eigenvalue weighted by atomic mass is 16.5. The summed E-state index contributed by atoms with van der Waals surface area (Å²) in [5.41, 5.74) is 2.19. The number of fused-ring (bicyclic) bond motifs is 1. The number of aliphatic hydroxyl groups is 2. The minimum Gasteiger partial charge on any atom is -0.472 e. The van der Waals surface area contributed by atoms with Crippen LogP contribution in [0.1, 0.15) is 12.8 Å². The minimum atomic E-state index is -1.91. The van der Waals surface area contributed by atoms with Gasteiger partial charge in [0.15, 0.2) is 0 Å². The molecule has 0 aromatic rings. The van der Waals surface area contributed by atoms with Crippen LogP contribution in [0.2, 0.25) is 0 Å². The van der Waals surface area contributed by atoms with E-state index in [2.05, 4.69) is 0 Å². The first-order valence-electron chi connectivity index (χ1n) is 4.35. The molecule has 0 atom stereocenters. The Bertz CT molecular complexity index is 360. The van der Waals surface area contributed by atoms with E-state index in [0.717, 1.165) is 11.1 Å². The van der Waals surface area contributed by atoms with Gasteiger partial charge in [-0.25, -0.2) is 0 Å². The number of carbonyl (C=O) groups excluding carboxylic acids is 1. The molecule has 2 N–H and O–H groups in total. The van der Waals surface area contributed by atoms with Gasteiger partial charge in [0.1, 0.15) is 0 Å². The topological polar surface area (TPSA) is 66.8 Å². The van der Waals surface area contributed by atoms with Crippen molar-refractivity contribution in [2.24, 2.45) is 0 Å². The van der Waals surface area contributed by atoms with Gasteiger partial charge in [0, 0.05) is 5.57 Å². The largest absolute Gasteiger partial charge is 0.472 e. The van der Waals surface area contributed by atoms with Gasteiger partial charge < -0.3 is 14.9 Å². The quantitative estimate of drug-likeness (QED) is 0.624. The molecule has 0 fully saturated rings. The van der Waals surface area contributed by atoms with Gasteiger partial charge in [-0.1, -0.05) is 0 Å². The van der Waals surface area contributed by atoms with Gasteiger partial charge in [-0.2, -0.15) is 0 Å². The van der Waals surface area contributed by atoms with Crippen LogP contribution in [0.3, 0.4) is 0 Å². The van der Waals surface area contributed by atoms with Crippen LogP contribution in [0, 0.1) is 0 Å². The lowest BCUT2D eigenvalue weighted by Gasteiger charge is -2.07. The predicted molar refractivity (Wildman–Crippen MR) is 47.8 cm³/mol. The molecule has 0 saturated heterocycles. The summed E-state index contributed by atoms with van der Waals surface area (Å²) in [5.74, 6) is -0.616. The monoisotopic (exact) mass is 194 g/mol. The van der Waals surface area contributed by atoms with Crippen molar-refractivity contribution in [1.29, 1.82) is 0 Å². The predicted octanol–water partition coefficient (Wildman–Crippen LogP) is 0.384. The summed E-state index contributed by atoms with van der Waals surface area (Å²) in [5, 5.41) is 17.5. The van der Waals surface area contributed by atoms with E-state index >= 15 is 0 Å². The lowest BCUT2D eigenvalue weighted by Crippen LogP contribution is -2.21. The second-order valence-electron chi connectivity index (χ2n) is 3.21. The fourth-order valence-corrected chi connectivity index (χ4v) is 1.69. The molecular weight excluding hydrogens is 184 g/mol. The van der Waals surface area contributed by atoms with Crippen molar-refractivity contribution >= 4 is 5.78 Å². The smallest absolute Gasteiger partial charge is 0.217 e. The second kappa shape index (κ2) is 3.40. The summed E-state index contributed by atoms with van der Waals surface area (Å²) in [6.45, 7) is 0. The van der Waals surface area contributed by atoms with Crippen molar-refractivity contribution in [3.05, 3.63) is 35.3 Å². The van der Waals surface area contributed by atoms with Crippen molar-refractivity contribution in [3.63, 3.8) is 0 Å². The van der Waals surface area contributed by atoms with Gasteiger partial charge in [-0.15, -0.1) is 0 Å². The van der Waals surface area contributed by atoms with Crippen molar-refractivity contribution < 1.29 is 19.7 Å². The number of carbonyl (C=O) groups is 1. The average molecular weight is 194 g/mol. The Morgan fingerprint density at radius 1 is 1.43 bits per heavy atom. The number of aliphatic hydroxyl groups excluding tert-OH is 1. The molecule has 0 saturated carbocycles. The maximum absolute atomic E-state index is 11.3. The number of hydrogen-bond acceptors (Lipinski definition) is 4. The van der Waals surface area contributed by atoms with Crippen LogP contribution in [-0.4, -0.2) is 22.3 Å². The zero-order valence-corrected chi connectivity index (χ0v) is 7.43. The number of rotatable bonds is 2. The number of allylic oxidation sites excluding steroid dienone is 3. The normalized spacial score (nSPS) is 19.5.